The average Bonchev–Trinajstić information content (AvgIpc) is 2.59. The summed E-state index contributed by atoms with van der Waals surface area (Å²) in [5.41, 5.74) is 1.07. The van der Waals surface area contributed by atoms with Gasteiger partial charge in [-0.05, 0) is 18.4 Å². The molecule has 1 saturated heterocycles. The predicted molar refractivity (Wildman–Crippen MR) is 85.2 cm³/mol. The van der Waals surface area contributed by atoms with E-state index >= 15 is 0 Å². The Morgan fingerprint density at radius 1 is 0.864 bits per heavy atom. The van der Waals surface area contributed by atoms with Crippen molar-refractivity contribution in [1.29, 1.82) is 0 Å². The van der Waals surface area contributed by atoms with Gasteiger partial charge >= 0.3 is 0 Å². The molecule has 2 N–H and O–H groups in total. The molecule has 1 aromatic rings. The normalized spacial score (nSPS) is 29.4. The topological polar surface area (TPSA) is 58.2 Å². The molecule has 1 aliphatic carbocycles. The van der Waals surface area contributed by atoms with Gasteiger partial charge in [-0.3, -0.25) is 9.59 Å². The van der Waals surface area contributed by atoms with E-state index in [4.69, 9.17) is 0 Å². The zero-order valence-corrected chi connectivity index (χ0v) is 12.9. The Hall–Kier alpha value is -1.84. The molecule has 1 aliphatic heterocycles. The Morgan fingerprint density at radius 3 is 2.36 bits per heavy atom. The van der Waals surface area contributed by atoms with Crippen molar-refractivity contribution in [3.05, 3.63) is 35.9 Å². The lowest BCUT2D eigenvalue weighted by Crippen LogP contribution is -2.45. The van der Waals surface area contributed by atoms with Crippen molar-refractivity contribution >= 4 is 11.8 Å². The summed E-state index contributed by atoms with van der Waals surface area (Å²) >= 11 is 0. The minimum Gasteiger partial charge on any atom is -0.351 e. The third-order valence-electron chi connectivity index (χ3n) is 4.85. The van der Waals surface area contributed by atoms with Gasteiger partial charge in [0.05, 0.1) is 5.92 Å². The highest BCUT2D eigenvalue weighted by Gasteiger charge is 2.36. The first-order chi connectivity index (χ1) is 10.7. The molecule has 3 rings (SSSR count). The van der Waals surface area contributed by atoms with Gasteiger partial charge in [-0.15, -0.1) is 0 Å². The maximum Gasteiger partial charge on any atom is 0.243 e. The molecule has 3 atom stereocenters. The zero-order chi connectivity index (χ0) is 15.4. The summed E-state index contributed by atoms with van der Waals surface area (Å²) in [6.45, 7) is 0. The molecule has 4 heteroatoms. The summed E-state index contributed by atoms with van der Waals surface area (Å²) in [6.07, 6.45) is 6.92. The summed E-state index contributed by atoms with van der Waals surface area (Å²) in [4.78, 5) is 25.0. The molecule has 4 nitrogen and oxygen atoms in total. The molecule has 2 aliphatic rings. The largest absolute Gasteiger partial charge is 0.351 e. The second-order valence-corrected chi connectivity index (χ2v) is 6.46. The quantitative estimate of drug-likeness (QED) is 0.879. The van der Waals surface area contributed by atoms with E-state index in [1.165, 1.54) is 12.8 Å². The van der Waals surface area contributed by atoms with E-state index in [-0.39, 0.29) is 23.8 Å². The number of nitrogens with one attached hydrogen (secondary N) is 2. The summed E-state index contributed by atoms with van der Waals surface area (Å²) in [7, 11) is 0. The SMILES string of the molecule is O=C1N[C@@H](Cc2ccccc2)C(=O)NC2CCCCCCC12. The van der Waals surface area contributed by atoms with E-state index in [2.05, 4.69) is 10.6 Å². The Balaban J connectivity index is 1.74. The monoisotopic (exact) mass is 300 g/mol. The summed E-state index contributed by atoms with van der Waals surface area (Å²) < 4.78 is 0. The first-order valence-electron chi connectivity index (χ1n) is 8.39. The standard InChI is InChI=1S/C18H24N2O2/c21-17-14-10-6-1-2-7-11-15(14)19-18(22)16(20-17)12-13-8-4-3-5-9-13/h3-5,8-9,14-16H,1-2,6-7,10-12H2,(H,19,22)(H,20,21)/t14?,15?,16-/m0/s1. The second-order valence-electron chi connectivity index (χ2n) is 6.46. The highest BCUT2D eigenvalue weighted by Crippen LogP contribution is 2.25. The fourth-order valence-corrected chi connectivity index (χ4v) is 3.59. The zero-order valence-electron chi connectivity index (χ0n) is 12.9. The maximum atomic E-state index is 12.6. The third-order valence-corrected chi connectivity index (χ3v) is 4.85. The molecule has 1 aromatic carbocycles. The van der Waals surface area contributed by atoms with Gasteiger partial charge in [-0.2, -0.15) is 0 Å². The number of amides is 2. The lowest BCUT2D eigenvalue weighted by Gasteiger charge is -2.26. The highest BCUT2D eigenvalue weighted by molar-refractivity contribution is 5.91. The van der Waals surface area contributed by atoms with Crippen LogP contribution in [0.3, 0.4) is 0 Å². The van der Waals surface area contributed by atoms with Crippen LogP contribution in [0.2, 0.25) is 0 Å². The van der Waals surface area contributed by atoms with Gasteiger partial charge in [0.25, 0.3) is 0 Å². The minimum atomic E-state index is -0.455. The molecule has 2 fully saturated rings. The van der Waals surface area contributed by atoms with Crippen LogP contribution in [0.15, 0.2) is 30.3 Å². The van der Waals surface area contributed by atoms with Crippen LogP contribution < -0.4 is 10.6 Å². The lowest BCUT2D eigenvalue weighted by molar-refractivity contribution is -0.128. The van der Waals surface area contributed by atoms with E-state index in [9.17, 15) is 9.59 Å². The van der Waals surface area contributed by atoms with Gasteiger partial charge < -0.3 is 10.6 Å². The Labute approximate surface area is 131 Å². The fraction of sp³-hybridized carbons (Fsp3) is 0.556. The predicted octanol–water partition coefficient (Wildman–Crippen LogP) is 2.18. The van der Waals surface area contributed by atoms with Crippen molar-refractivity contribution in [2.75, 3.05) is 0 Å². The lowest BCUT2D eigenvalue weighted by atomic mass is 9.86. The van der Waals surface area contributed by atoms with Crippen molar-refractivity contribution < 1.29 is 9.59 Å². The van der Waals surface area contributed by atoms with Gasteiger partial charge in [-0.25, -0.2) is 0 Å². The molecule has 1 saturated carbocycles. The number of hydrogen-bond acceptors (Lipinski definition) is 2. The first kappa shape index (κ1) is 15.1. The Bertz CT molecular complexity index is 529. The number of carbonyl (C=O) groups is 2. The van der Waals surface area contributed by atoms with Crippen molar-refractivity contribution in [3.63, 3.8) is 0 Å². The van der Waals surface area contributed by atoms with Crippen LogP contribution in [0.5, 0.6) is 0 Å². The van der Waals surface area contributed by atoms with Crippen LogP contribution in [-0.4, -0.2) is 23.9 Å². The van der Waals surface area contributed by atoms with E-state index in [1.807, 2.05) is 30.3 Å². The van der Waals surface area contributed by atoms with Gasteiger partial charge in [0.2, 0.25) is 11.8 Å². The molecule has 0 bridgehead atoms. The number of hydrogen-bond donors (Lipinski definition) is 2. The minimum absolute atomic E-state index is 0.00794. The number of fused-ring (bicyclic) bond motifs is 1. The van der Waals surface area contributed by atoms with Gasteiger partial charge in [0, 0.05) is 12.5 Å². The maximum absolute atomic E-state index is 12.6. The van der Waals surface area contributed by atoms with Gasteiger partial charge in [0.1, 0.15) is 6.04 Å². The van der Waals surface area contributed by atoms with Gasteiger partial charge in [-0.1, -0.05) is 56.0 Å². The average molecular weight is 300 g/mol. The molecule has 22 heavy (non-hydrogen) atoms. The van der Waals surface area contributed by atoms with Crippen LogP contribution in [0, 0.1) is 5.92 Å². The van der Waals surface area contributed by atoms with Crippen molar-refractivity contribution in [2.24, 2.45) is 5.92 Å². The van der Waals surface area contributed by atoms with Crippen molar-refractivity contribution in [3.8, 4) is 0 Å². The molecule has 2 unspecified atom stereocenters. The molecule has 1 heterocycles. The smallest absolute Gasteiger partial charge is 0.243 e. The molecular formula is C18H24N2O2. The molecule has 0 radical (unpaired) electrons. The van der Waals surface area contributed by atoms with E-state index in [0.29, 0.717) is 6.42 Å². The molecule has 118 valence electrons. The van der Waals surface area contributed by atoms with Crippen molar-refractivity contribution in [1.82, 2.24) is 10.6 Å². The van der Waals surface area contributed by atoms with E-state index in [0.717, 1.165) is 31.2 Å². The molecule has 0 aromatic heterocycles. The van der Waals surface area contributed by atoms with Crippen LogP contribution in [0.4, 0.5) is 0 Å². The molecule has 0 spiro atoms. The molecular weight excluding hydrogens is 276 g/mol. The van der Waals surface area contributed by atoms with Gasteiger partial charge in [0.15, 0.2) is 0 Å². The van der Waals surface area contributed by atoms with Crippen LogP contribution in [0.25, 0.3) is 0 Å². The number of benzene rings is 1. The van der Waals surface area contributed by atoms with Crippen LogP contribution in [-0.2, 0) is 16.0 Å². The summed E-state index contributed by atoms with van der Waals surface area (Å²) in [6, 6.07) is 9.41. The van der Waals surface area contributed by atoms with E-state index < -0.39 is 6.04 Å². The Kier molecular flexibility index (Phi) is 4.76. The summed E-state index contributed by atoms with van der Waals surface area (Å²) in [5.74, 6) is -0.0542. The number of carbonyl (C=O) groups excluding carboxylic acids is 2. The second kappa shape index (κ2) is 6.95. The summed E-state index contributed by atoms with van der Waals surface area (Å²) in [5, 5.41) is 6.10. The van der Waals surface area contributed by atoms with Crippen LogP contribution >= 0.6 is 0 Å². The number of rotatable bonds is 2. The highest BCUT2D eigenvalue weighted by atomic mass is 16.2. The van der Waals surface area contributed by atoms with E-state index in [1.54, 1.807) is 0 Å². The first-order valence-corrected chi connectivity index (χ1v) is 8.39. The van der Waals surface area contributed by atoms with Crippen molar-refractivity contribution in [2.45, 2.75) is 57.0 Å². The van der Waals surface area contributed by atoms with Crippen LogP contribution in [0.1, 0.15) is 44.1 Å². The Morgan fingerprint density at radius 2 is 1.59 bits per heavy atom. The molecule has 2 amide bonds. The third kappa shape index (κ3) is 3.49. The fourth-order valence-electron chi connectivity index (χ4n) is 3.59.